The Morgan fingerprint density at radius 3 is 1.42 bits per heavy atom. The second-order valence-corrected chi connectivity index (χ2v) is 22.7. The summed E-state index contributed by atoms with van der Waals surface area (Å²) >= 11 is 0. The zero-order valence-electron chi connectivity index (χ0n) is 37.3. The summed E-state index contributed by atoms with van der Waals surface area (Å²) in [5.41, 5.74) is 11.3. The Labute approximate surface area is 378 Å². The zero-order valence-corrected chi connectivity index (χ0v) is 39.0. The van der Waals surface area contributed by atoms with Crippen LogP contribution in [0, 0.1) is 11.5 Å². The summed E-state index contributed by atoms with van der Waals surface area (Å²) in [6.45, 7) is 9.00. The van der Waals surface area contributed by atoms with Gasteiger partial charge in [0.05, 0.1) is 10.5 Å². The molecule has 4 fully saturated rings. The summed E-state index contributed by atoms with van der Waals surface area (Å²) in [6.07, 6.45) is 17.0. The van der Waals surface area contributed by atoms with Gasteiger partial charge in [0.2, 0.25) is 31.9 Å². The van der Waals surface area contributed by atoms with Crippen LogP contribution in [0.3, 0.4) is 0 Å². The van der Waals surface area contributed by atoms with Crippen LogP contribution in [0.15, 0.2) is 12.1 Å². The summed E-state index contributed by atoms with van der Waals surface area (Å²) < 4.78 is 55.7. The number of likely N-dealkylation sites (tertiary alicyclic amines) is 4. The third-order valence-corrected chi connectivity index (χ3v) is 18.2. The first kappa shape index (κ1) is 46.3. The number of primary sulfonamides is 1. The van der Waals surface area contributed by atoms with Crippen LogP contribution in [0.4, 0.5) is 10.5 Å². The normalized spacial score (nSPS) is 21.4. The second kappa shape index (κ2) is 19.3. The molecule has 4 aliphatic carbocycles. The molecule has 4 N–H and O–H groups in total. The molecule has 4 amide bonds. The molecule has 4 heterocycles. The van der Waals surface area contributed by atoms with Crippen molar-refractivity contribution in [2.24, 2.45) is 5.14 Å². The highest BCUT2D eigenvalue weighted by Crippen LogP contribution is 2.41. The number of rotatable bonds is 7. The number of benzene rings is 2. The number of amides is 4. The topological polar surface area (TPSA) is 216 Å². The van der Waals surface area contributed by atoms with E-state index >= 15 is 0 Å². The molecule has 18 heteroatoms. The largest absolute Gasteiger partial charge is 0.387 e. The fourth-order valence-corrected chi connectivity index (χ4v) is 13.4. The van der Waals surface area contributed by atoms with Gasteiger partial charge in [-0.05, 0) is 173 Å². The molecule has 2 aromatic rings. The minimum atomic E-state index is -3.75. The first-order chi connectivity index (χ1) is 30.6. The molecule has 0 bridgehead atoms. The number of hydrogen-bond donors (Lipinski definition) is 3. The third-order valence-electron chi connectivity index (χ3n) is 15.0. The molecule has 10 rings (SSSR count). The summed E-state index contributed by atoms with van der Waals surface area (Å²) in [7, 11) is -7.13. The standard InChI is InChI=1S/C23H32N4O4S.C13H13NO.C10H19N3O3S/c1-15(28)27-13-18(14-27)26-10-8-19(9-11-26)32(30,31)25-23(29)24-22-20-6-2-4-16(20)12-17-5-3-7-21(17)22;14-8-15-13-11-5-1-3-9(11)7-10-4-2-6-12(10)13;1-8(14)13-6-9(7-13)12-4-2-10(3-5-12)17(11,15)16/h12,18-19H,2-11,13-14H2,1H3,(H2,24,25,29);7H,1-6H2;9-10H,2-7H2,1H3,(H2,11,15,16). The van der Waals surface area contributed by atoms with Gasteiger partial charge in [0.15, 0.2) is 0 Å². The van der Waals surface area contributed by atoms with Crippen LogP contribution in [0.1, 0.15) is 110 Å². The molecule has 0 spiro atoms. The summed E-state index contributed by atoms with van der Waals surface area (Å²) in [4.78, 5) is 43.3. The third kappa shape index (κ3) is 10.1. The average molecular weight is 921 g/mol. The van der Waals surface area contributed by atoms with E-state index in [1.165, 1.54) is 57.3 Å². The van der Waals surface area contributed by atoms with Crippen molar-refractivity contribution in [1.29, 1.82) is 5.26 Å². The van der Waals surface area contributed by atoms with Crippen LogP contribution in [0.25, 0.3) is 0 Å². The number of urea groups is 1. The van der Waals surface area contributed by atoms with Gasteiger partial charge in [-0.15, -0.1) is 5.26 Å². The van der Waals surface area contributed by atoms with Crippen LogP contribution in [0.2, 0.25) is 0 Å². The molecule has 64 heavy (non-hydrogen) atoms. The molecular formula is C46H64N8O8S2. The van der Waals surface area contributed by atoms with Gasteiger partial charge in [-0.2, -0.15) is 0 Å². The molecule has 0 radical (unpaired) electrons. The molecule has 8 aliphatic rings. The number of hydrogen-bond acceptors (Lipinski definition) is 11. The Bertz CT molecular complexity index is 2330. The van der Waals surface area contributed by atoms with E-state index in [9.17, 15) is 31.2 Å². The second-order valence-electron chi connectivity index (χ2n) is 18.9. The van der Waals surface area contributed by atoms with Crippen molar-refractivity contribution in [3.05, 3.63) is 56.6 Å². The minimum absolute atomic E-state index is 0.0867. The molecule has 0 aromatic heterocycles. The Morgan fingerprint density at radius 2 is 1.03 bits per heavy atom. The SMILES string of the molecule is CC(=O)N1CC(N2CCC(S(=O)(=O)NC(=O)Nc3c4c(cc5c3CCC5)CCC4)CC2)C1.CC(=O)N1CC(N2CCC(S(N)(=O)=O)CC2)C1.N#COc1c2c(cc3c1CCC3)CCC2. The van der Waals surface area contributed by atoms with Crippen molar-refractivity contribution in [3.8, 4) is 12.0 Å². The van der Waals surface area contributed by atoms with Crippen molar-refractivity contribution in [1.82, 2.24) is 24.3 Å². The number of nitrogens with zero attached hydrogens (tertiary/aromatic N) is 5. The van der Waals surface area contributed by atoms with Gasteiger partial charge in [-0.1, -0.05) is 12.1 Å². The van der Waals surface area contributed by atoms with E-state index in [4.69, 9.17) is 15.1 Å². The molecule has 348 valence electrons. The molecule has 0 unspecified atom stereocenters. The number of carbonyl (C=O) groups excluding carboxylic acids is 3. The van der Waals surface area contributed by atoms with Gasteiger partial charge in [-0.25, -0.2) is 31.5 Å². The summed E-state index contributed by atoms with van der Waals surface area (Å²) in [6, 6.07) is 4.71. The number of aryl methyl sites for hydroxylation is 4. The lowest BCUT2D eigenvalue weighted by molar-refractivity contribution is -0.137. The first-order valence-corrected chi connectivity index (χ1v) is 26.5. The van der Waals surface area contributed by atoms with Crippen molar-refractivity contribution in [2.75, 3.05) is 57.7 Å². The number of ether oxygens (including phenoxy) is 1. The number of nitrogens with two attached hydrogens (primary N) is 1. The number of anilines is 1. The maximum atomic E-state index is 12.9. The van der Waals surface area contributed by atoms with Crippen LogP contribution in [-0.2, 0) is 81.0 Å². The molecule has 0 atom stereocenters. The van der Waals surface area contributed by atoms with E-state index in [0.29, 0.717) is 50.9 Å². The van der Waals surface area contributed by atoms with E-state index in [1.54, 1.807) is 23.6 Å². The summed E-state index contributed by atoms with van der Waals surface area (Å²) in [5.74, 6) is 1.10. The Kier molecular flexibility index (Phi) is 13.9. The van der Waals surface area contributed by atoms with E-state index in [2.05, 4.69) is 32.0 Å². The van der Waals surface area contributed by atoms with Crippen LogP contribution in [0.5, 0.6) is 5.75 Å². The maximum Gasteiger partial charge on any atom is 0.332 e. The predicted molar refractivity (Wildman–Crippen MR) is 243 cm³/mol. The lowest BCUT2D eigenvalue weighted by Gasteiger charge is -2.47. The van der Waals surface area contributed by atoms with Gasteiger partial charge in [0, 0.05) is 57.8 Å². The fraction of sp³-hybridized carbons (Fsp3) is 0.652. The Morgan fingerprint density at radius 1 is 0.641 bits per heavy atom. The number of nitrogens with one attached hydrogen (secondary N) is 2. The highest BCUT2D eigenvalue weighted by Gasteiger charge is 2.39. The van der Waals surface area contributed by atoms with Crippen molar-refractivity contribution in [3.63, 3.8) is 0 Å². The average Bonchev–Trinajstić information content (AvgIpc) is 4.05. The van der Waals surface area contributed by atoms with Crippen LogP contribution >= 0.6 is 0 Å². The molecule has 2 aromatic carbocycles. The van der Waals surface area contributed by atoms with E-state index in [1.807, 2.05) is 6.26 Å². The first-order valence-electron chi connectivity index (χ1n) is 23.3. The molecule has 0 saturated carbocycles. The lowest BCUT2D eigenvalue weighted by Crippen LogP contribution is -2.62. The van der Waals surface area contributed by atoms with Crippen LogP contribution in [-0.4, -0.2) is 129 Å². The van der Waals surface area contributed by atoms with Crippen molar-refractivity contribution in [2.45, 2.75) is 139 Å². The molecule has 16 nitrogen and oxygen atoms in total. The van der Waals surface area contributed by atoms with Crippen molar-refractivity contribution >= 4 is 43.6 Å². The van der Waals surface area contributed by atoms with Crippen molar-refractivity contribution < 1.29 is 36.0 Å². The summed E-state index contributed by atoms with van der Waals surface area (Å²) in [5, 5.41) is 15.8. The number of piperidine rings is 2. The number of fused-ring (bicyclic) bond motifs is 4. The molecule has 4 aliphatic heterocycles. The highest BCUT2D eigenvalue weighted by atomic mass is 32.2. The van der Waals surface area contributed by atoms with Gasteiger partial charge in [-0.3, -0.25) is 19.4 Å². The smallest absolute Gasteiger partial charge is 0.332 e. The predicted octanol–water partition coefficient (Wildman–Crippen LogP) is 3.30. The van der Waals surface area contributed by atoms with Crippen LogP contribution < -0.4 is 19.9 Å². The molecule has 4 saturated heterocycles. The van der Waals surface area contributed by atoms with Gasteiger partial charge in [0.1, 0.15) is 5.75 Å². The number of carbonyl (C=O) groups is 3. The minimum Gasteiger partial charge on any atom is -0.387 e. The monoisotopic (exact) mass is 920 g/mol. The van der Waals surface area contributed by atoms with E-state index < -0.39 is 31.3 Å². The van der Waals surface area contributed by atoms with Gasteiger partial charge in [0.25, 0.3) is 6.26 Å². The van der Waals surface area contributed by atoms with E-state index in [0.717, 1.165) is 115 Å². The number of sulfonamides is 2. The quantitative estimate of drug-likeness (QED) is 0.343. The maximum absolute atomic E-state index is 12.9. The molecular weight excluding hydrogens is 857 g/mol. The highest BCUT2D eigenvalue weighted by molar-refractivity contribution is 7.90. The Balaban J connectivity index is 0.000000146. The number of nitriles is 1. The fourth-order valence-electron chi connectivity index (χ4n) is 11.3. The van der Waals surface area contributed by atoms with E-state index in [-0.39, 0.29) is 17.1 Å². The lowest BCUT2D eigenvalue weighted by atomic mass is 9.99. The zero-order chi connectivity index (χ0) is 45.3. The van der Waals surface area contributed by atoms with Gasteiger partial charge < -0.3 is 19.9 Å². The Hall–Kier alpha value is -4.28. The van der Waals surface area contributed by atoms with Gasteiger partial charge >= 0.3 is 6.03 Å².